The average molecular weight is 714 g/mol. The molecule has 0 N–H and O–H groups in total. The van der Waals surface area contributed by atoms with E-state index in [0.29, 0.717) is 11.1 Å². The molecule has 0 spiro atoms. The first kappa shape index (κ1) is 31.7. The molecule has 0 unspecified atom stereocenters. The van der Waals surface area contributed by atoms with Gasteiger partial charge in [-0.1, -0.05) is 97.1 Å². The summed E-state index contributed by atoms with van der Waals surface area (Å²) in [6.07, 6.45) is 0. The second-order valence-electron chi connectivity index (χ2n) is 14.3. The van der Waals surface area contributed by atoms with Crippen molar-refractivity contribution in [3.05, 3.63) is 181 Å². The molecule has 0 saturated heterocycles. The van der Waals surface area contributed by atoms with Gasteiger partial charge in [-0.15, -0.1) is 0 Å². The summed E-state index contributed by atoms with van der Waals surface area (Å²) in [7, 11) is 0. The number of hydrogen-bond donors (Lipinski definition) is 0. The molecule has 0 fully saturated rings. The Labute approximate surface area is 323 Å². The average Bonchev–Trinajstić information content (AvgIpc) is 3.60. The smallest absolute Gasteiger partial charge is 0.260 e. The minimum atomic E-state index is -0.107. The molecule has 2 aliphatic rings. The highest BCUT2D eigenvalue weighted by molar-refractivity contribution is 6.98. The van der Waals surface area contributed by atoms with Crippen LogP contribution in [0, 0.1) is 22.7 Å². The van der Waals surface area contributed by atoms with E-state index in [9.17, 15) is 10.5 Å². The Bertz CT molecular complexity index is 2970. The summed E-state index contributed by atoms with van der Waals surface area (Å²) < 4.78 is 16.0. The van der Waals surface area contributed by atoms with Gasteiger partial charge in [-0.05, 0) is 117 Å². The number of nitrogens with zero attached hydrogens (tertiary/aromatic N) is 3. The van der Waals surface area contributed by atoms with Crippen molar-refractivity contribution < 1.29 is 9.47 Å². The van der Waals surface area contributed by atoms with E-state index in [0.717, 1.165) is 78.5 Å². The first-order valence-corrected chi connectivity index (χ1v) is 18.6. The Kier molecular flexibility index (Phi) is 7.01. The zero-order chi connectivity index (χ0) is 37.3. The van der Waals surface area contributed by atoms with Crippen LogP contribution in [0.15, 0.2) is 170 Å². The van der Waals surface area contributed by atoms with E-state index in [1.165, 1.54) is 21.8 Å². The molecular formula is C50H28BN3O2. The minimum Gasteiger partial charge on any atom is -0.458 e. The molecule has 3 heterocycles. The van der Waals surface area contributed by atoms with E-state index in [2.05, 4.69) is 138 Å². The van der Waals surface area contributed by atoms with Gasteiger partial charge < -0.3 is 14.0 Å². The van der Waals surface area contributed by atoms with Gasteiger partial charge in [-0.3, -0.25) is 0 Å². The Balaban J connectivity index is 1.04. The van der Waals surface area contributed by atoms with Crippen LogP contribution in [0.2, 0.25) is 0 Å². The summed E-state index contributed by atoms with van der Waals surface area (Å²) in [6, 6.07) is 62.6. The fourth-order valence-electron chi connectivity index (χ4n) is 8.50. The number of ether oxygens (including phenoxy) is 2. The van der Waals surface area contributed by atoms with Crippen molar-refractivity contribution in [3.63, 3.8) is 0 Å². The van der Waals surface area contributed by atoms with Crippen LogP contribution in [0.3, 0.4) is 0 Å². The normalized spacial score (nSPS) is 12.1. The van der Waals surface area contributed by atoms with Crippen LogP contribution >= 0.6 is 0 Å². The van der Waals surface area contributed by atoms with E-state index in [4.69, 9.17) is 9.47 Å². The predicted molar refractivity (Wildman–Crippen MR) is 224 cm³/mol. The fraction of sp³-hybridized carbons (Fsp3) is 0. The third kappa shape index (κ3) is 4.94. The van der Waals surface area contributed by atoms with E-state index >= 15 is 0 Å². The molecule has 5 nitrogen and oxygen atoms in total. The molecule has 0 bridgehead atoms. The van der Waals surface area contributed by atoms with Gasteiger partial charge in [0.2, 0.25) is 0 Å². The second-order valence-corrected chi connectivity index (χ2v) is 14.3. The van der Waals surface area contributed by atoms with Gasteiger partial charge in [0.15, 0.2) is 0 Å². The lowest BCUT2D eigenvalue weighted by Gasteiger charge is -2.34. The Morgan fingerprint density at radius 3 is 1.30 bits per heavy atom. The molecule has 2 aliphatic heterocycles. The lowest BCUT2D eigenvalue weighted by Crippen LogP contribution is -2.57. The maximum atomic E-state index is 9.36. The zero-order valence-electron chi connectivity index (χ0n) is 29.9. The van der Waals surface area contributed by atoms with Crippen LogP contribution in [0.5, 0.6) is 23.0 Å². The molecule has 0 aliphatic carbocycles. The first-order chi connectivity index (χ1) is 27.6. The van der Waals surface area contributed by atoms with Crippen LogP contribution in [0.4, 0.5) is 0 Å². The number of rotatable bonds is 4. The molecule has 1 aromatic heterocycles. The van der Waals surface area contributed by atoms with Crippen molar-refractivity contribution >= 4 is 44.9 Å². The van der Waals surface area contributed by atoms with Gasteiger partial charge in [0, 0.05) is 21.9 Å². The SMILES string of the molecule is N#Cc1ccc(-c2ccc3c(c2)Oc2cc(-c4ccc(-n5c6ccccc6c6ccccc65)cc4)cc4c2B3c2ccc(-c3ccc(C#N)cc3)cc2O4)cc1. The van der Waals surface area contributed by atoms with Crippen LogP contribution in [0.1, 0.15) is 11.1 Å². The number of para-hydroxylation sites is 2. The molecule has 11 rings (SSSR count). The monoisotopic (exact) mass is 713 g/mol. The van der Waals surface area contributed by atoms with E-state index in [1.54, 1.807) is 0 Å². The summed E-state index contributed by atoms with van der Waals surface area (Å²) in [5.41, 5.74) is 13.9. The molecule has 0 amide bonds. The van der Waals surface area contributed by atoms with Gasteiger partial charge in [0.05, 0.1) is 34.3 Å². The van der Waals surface area contributed by atoms with Gasteiger partial charge in [0.1, 0.15) is 23.0 Å². The molecule has 6 heteroatoms. The maximum Gasteiger partial charge on any atom is 0.260 e. The molecule has 8 aromatic carbocycles. The van der Waals surface area contributed by atoms with Gasteiger partial charge >= 0.3 is 0 Å². The fourth-order valence-corrected chi connectivity index (χ4v) is 8.50. The summed E-state index contributed by atoms with van der Waals surface area (Å²) in [5.74, 6) is 3.11. The number of benzene rings is 8. The zero-order valence-corrected chi connectivity index (χ0v) is 29.9. The van der Waals surface area contributed by atoms with Crippen molar-refractivity contribution in [3.8, 4) is 74.2 Å². The van der Waals surface area contributed by atoms with Crippen LogP contribution in [-0.4, -0.2) is 11.3 Å². The molecule has 9 aromatic rings. The van der Waals surface area contributed by atoms with Crippen molar-refractivity contribution in [2.24, 2.45) is 0 Å². The third-order valence-corrected chi connectivity index (χ3v) is 11.2. The topological polar surface area (TPSA) is 71.0 Å². The highest BCUT2D eigenvalue weighted by Crippen LogP contribution is 2.41. The van der Waals surface area contributed by atoms with E-state index in [-0.39, 0.29) is 6.71 Å². The number of nitriles is 2. The van der Waals surface area contributed by atoms with Gasteiger partial charge in [-0.25, -0.2) is 0 Å². The summed E-state index contributed by atoms with van der Waals surface area (Å²) in [4.78, 5) is 0. The molecule has 258 valence electrons. The summed E-state index contributed by atoms with van der Waals surface area (Å²) in [5, 5.41) is 21.2. The van der Waals surface area contributed by atoms with E-state index in [1.807, 2.05) is 48.5 Å². The first-order valence-electron chi connectivity index (χ1n) is 18.6. The lowest BCUT2D eigenvalue weighted by molar-refractivity contribution is 0.465. The number of fused-ring (bicyclic) bond motifs is 7. The second kappa shape index (κ2) is 12.4. The Morgan fingerprint density at radius 2 is 0.821 bits per heavy atom. The predicted octanol–water partition coefficient (Wildman–Crippen LogP) is 10.3. The summed E-state index contributed by atoms with van der Waals surface area (Å²) in [6.45, 7) is -0.107. The van der Waals surface area contributed by atoms with Gasteiger partial charge in [-0.2, -0.15) is 10.5 Å². The third-order valence-electron chi connectivity index (χ3n) is 11.2. The minimum absolute atomic E-state index is 0.107. The Morgan fingerprint density at radius 1 is 0.411 bits per heavy atom. The standard InChI is InChI=1S/C50H28BN3O2/c52-29-31-9-13-33(14-10-31)36-19-23-42-46(25-36)55-48-27-38(35-17-21-39(22-18-35)54-44-7-3-1-5-40(44)41-6-2-4-8-45(41)54)28-49-50(48)51(42)43-24-20-37(26-47(43)56-49)34-15-11-32(30-53)12-16-34/h1-28H. The molecule has 0 radical (unpaired) electrons. The molecular weight excluding hydrogens is 685 g/mol. The highest BCUT2D eigenvalue weighted by Gasteiger charge is 2.40. The maximum absolute atomic E-state index is 9.36. The van der Waals surface area contributed by atoms with Crippen LogP contribution in [-0.2, 0) is 0 Å². The van der Waals surface area contributed by atoms with Crippen molar-refractivity contribution in [2.75, 3.05) is 0 Å². The summed E-state index contributed by atoms with van der Waals surface area (Å²) >= 11 is 0. The van der Waals surface area contributed by atoms with Crippen molar-refractivity contribution in [1.82, 2.24) is 4.57 Å². The number of hydrogen-bond acceptors (Lipinski definition) is 4. The largest absolute Gasteiger partial charge is 0.458 e. The number of aromatic nitrogens is 1. The van der Waals surface area contributed by atoms with Crippen molar-refractivity contribution in [2.45, 2.75) is 0 Å². The Hall–Kier alpha value is -7.80. The van der Waals surface area contributed by atoms with E-state index < -0.39 is 0 Å². The molecule has 0 saturated carbocycles. The lowest BCUT2D eigenvalue weighted by atomic mass is 9.34. The molecule has 56 heavy (non-hydrogen) atoms. The quantitative estimate of drug-likeness (QED) is 0.170. The van der Waals surface area contributed by atoms with Gasteiger partial charge in [0.25, 0.3) is 6.71 Å². The van der Waals surface area contributed by atoms with Crippen LogP contribution < -0.4 is 25.9 Å². The molecule has 0 atom stereocenters. The highest BCUT2D eigenvalue weighted by atomic mass is 16.5. The van der Waals surface area contributed by atoms with Crippen LogP contribution in [0.25, 0.3) is 60.9 Å². The van der Waals surface area contributed by atoms with Crippen molar-refractivity contribution in [1.29, 1.82) is 10.5 Å².